The molecule has 1 rings (SSSR count). The molecule has 2 unspecified atom stereocenters. The van der Waals surface area contributed by atoms with Crippen LogP contribution in [0.5, 0.6) is 0 Å². The molecule has 98 valence electrons. The number of nitrogens with zero attached hydrogens (tertiary/aromatic N) is 2. The topological polar surface area (TPSA) is 60.9 Å². The van der Waals surface area contributed by atoms with Crippen molar-refractivity contribution in [3.8, 4) is 0 Å². The van der Waals surface area contributed by atoms with Crippen molar-refractivity contribution in [1.82, 2.24) is 9.80 Å². The summed E-state index contributed by atoms with van der Waals surface area (Å²) in [4.78, 5) is 26.2. The van der Waals surface area contributed by atoms with Crippen LogP contribution in [0.2, 0.25) is 0 Å². The van der Waals surface area contributed by atoms with Crippen LogP contribution in [-0.4, -0.2) is 60.5 Å². The van der Waals surface area contributed by atoms with Gasteiger partial charge in [0.15, 0.2) is 0 Å². The highest BCUT2D eigenvalue weighted by Crippen LogP contribution is 2.18. The van der Waals surface area contributed by atoms with Crippen LogP contribution in [0.25, 0.3) is 0 Å². The number of amides is 1. The van der Waals surface area contributed by atoms with Crippen molar-refractivity contribution in [3.63, 3.8) is 0 Å². The van der Waals surface area contributed by atoms with E-state index in [9.17, 15) is 9.59 Å². The van der Waals surface area contributed by atoms with E-state index in [1.54, 1.807) is 7.05 Å². The van der Waals surface area contributed by atoms with Crippen molar-refractivity contribution in [3.05, 3.63) is 0 Å². The molecule has 0 aliphatic carbocycles. The highest BCUT2D eigenvalue weighted by molar-refractivity contribution is 5.96. The molecule has 1 amide bonds. The zero-order valence-corrected chi connectivity index (χ0v) is 10.8. The average Bonchev–Trinajstić information content (AvgIpc) is 2.69. The van der Waals surface area contributed by atoms with Gasteiger partial charge in [0.1, 0.15) is 5.92 Å². The number of carboxylic acids is 1. The molecule has 5 heteroatoms. The largest absolute Gasteiger partial charge is 0.481 e. The standard InChI is InChI=1S/C12H22N2O3/c1-9(12(16)17)11(15)14(3)7-5-10-4-6-13(2)8-10/h9-10H,4-8H2,1-3H3,(H,16,17). The Kier molecular flexibility index (Phi) is 4.93. The summed E-state index contributed by atoms with van der Waals surface area (Å²) in [5.74, 6) is -1.66. The number of likely N-dealkylation sites (tertiary alicyclic amines) is 1. The first kappa shape index (κ1) is 14.0. The quantitative estimate of drug-likeness (QED) is 0.713. The third-order valence-electron chi connectivity index (χ3n) is 3.48. The molecule has 17 heavy (non-hydrogen) atoms. The van der Waals surface area contributed by atoms with E-state index in [0.29, 0.717) is 12.5 Å². The molecule has 0 aromatic heterocycles. The second kappa shape index (κ2) is 6.00. The lowest BCUT2D eigenvalue weighted by molar-refractivity contribution is -0.149. The molecule has 1 aliphatic heterocycles. The van der Waals surface area contributed by atoms with E-state index >= 15 is 0 Å². The third-order valence-corrected chi connectivity index (χ3v) is 3.48. The van der Waals surface area contributed by atoms with E-state index in [2.05, 4.69) is 11.9 Å². The highest BCUT2D eigenvalue weighted by atomic mass is 16.4. The number of aliphatic carboxylic acids is 1. The predicted molar refractivity (Wildman–Crippen MR) is 64.7 cm³/mol. The first-order valence-electron chi connectivity index (χ1n) is 6.08. The van der Waals surface area contributed by atoms with Gasteiger partial charge in [-0.15, -0.1) is 0 Å². The summed E-state index contributed by atoms with van der Waals surface area (Å²) in [5, 5.41) is 8.76. The zero-order valence-electron chi connectivity index (χ0n) is 10.8. The third kappa shape index (κ3) is 4.00. The molecule has 5 nitrogen and oxygen atoms in total. The normalized spacial score (nSPS) is 22.4. The van der Waals surface area contributed by atoms with Crippen LogP contribution in [-0.2, 0) is 9.59 Å². The van der Waals surface area contributed by atoms with Gasteiger partial charge in [-0.25, -0.2) is 0 Å². The van der Waals surface area contributed by atoms with Gasteiger partial charge in [0.2, 0.25) is 5.91 Å². The highest BCUT2D eigenvalue weighted by Gasteiger charge is 2.25. The molecular weight excluding hydrogens is 220 g/mol. The lowest BCUT2D eigenvalue weighted by Gasteiger charge is -2.21. The molecule has 0 radical (unpaired) electrons. The second-order valence-electron chi connectivity index (χ2n) is 5.03. The minimum atomic E-state index is -1.05. The van der Waals surface area contributed by atoms with Crippen LogP contribution in [0.4, 0.5) is 0 Å². The number of carbonyl (C=O) groups is 2. The Morgan fingerprint density at radius 1 is 1.53 bits per heavy atom. The minimum Gasteiger partial charge on any atom is -0.481 e. The molecule has 0 aromatic carbocycles. The Morgan fingerprint density at radius 3 is 2.65 bits per heavy atom. The molecule has 0 spiro atoms. The minimum absolute atomic E-state index is 0.302. The maximum absolute atomic E-state index is 11.7. The lowest BCUT2D eigenvalue weighted by atomic mass is 10.0. The molecule has 0 bridgehead atoms. The van der Waals surface area contributed by atoms with Crippen LogP contribution in [0.1, 0.15) is 19.8 Å². The summed E-state index contributed by atoms with van der Waals surface area (Å²) in [6.45, 7) is 4.28. The van der Waals surface area contributed by atoms with E-state index in [1.807, 2.05) is 0 Å². The van der Waals surface area contributed by atoms with Crippen LogP contribution < -0.4 is 0 Å². The summed E-state index contributed by atoms with van der Waals surface area (Å²) >= 11 is 0. The fourth-order valence-electron chi connectivity index (χ4n) is 2.18. The van der Waals surface area contributed by atoms with Crippen molar-refractivity contribution in [1.29, 1.82) is 0 Å². The number of hydrogen-bond donors (Lipinski definition) is 1. The molecule has 1 saturated heterocycles. The average molecular weight is 242 g/mol. The van der Waals surface area contributed by atoms with E-state index < -0.39 is 11.9 Å². The maximum Gasteiger partial charge on any atom is 0.315 e. The molecule has 0 aromatic rings. The van der Waals surface area contributed by atoms with Crippen LogP contribution in [0, 0.1) is 11.8 Å². The number of carbonyl (C=O) groups excluding carboxylic acids is 1. The van der Waals surface area contributed by atoms with Gasteiger partial charge in [0.05, 0.1) is 0 Å². The van der Waals surface area contributed by atoms with Gasteiger partial charge in [0.25, 0.3) is 0 Å². The van der Waals surface area contributed by atoms with E-state index in [4.69, 9.17) is 5.11 Å². The summed E-state index contributed by atoms with van der Waals surface area (Å²) in [7, 11) is 3.78. The Morgan fingerprint density at radius 2 is 2.18 bits per heavy atom. The molecule has 0 saturated carbocycles. The Labute approximate surface area is 102 Å². The first-order chi connectivity index (χ1) is 7.91. The van der Waals surface area contributed by atoms with Gasteiger partial charge in [-0.1, -0.05) is 0 Å². The Bertz CT molecular complexity index is 293. The fraction of sp³-hybridized carbons (Fsp3) is 0.833. The zero-order chi connectivity index (χ0) is 13.0. The second-order valence-corrected chi connectivity index (χ2v) is 5.03. The smallest absolute Gasteiger partial charge is 0.315 e. The SMILES string of the molecule is CC(C(=O)O)C(=O)N(C)CCC1CCN(C)C1. The maximum atomic E-state index is 11.7. The predicted octanol–water partition coefficient (Wildman–Crippen LogP) is 0.507. The van der Waals surface area contributed by atoms with Crippen molar-refractivity contribution in [2.75, 3.05) is 33.7 Å². The summed E-state index contributed by atoms with van der Waals surface area (Å²) in [5.41, 5.74) is 0. The Hall–Kier alpha value is -1.10. The first-order valence-corrected chi connectivity index (χ1v) is 6.08. The van der Waals surface area contributed by atoms with Crippen molar-refractivity contribution < 1.29 is 14.7 Å². The van der Waals surface area contributed by atoms with Gasteiger partial charge >= 0.3 is 5.97 Å². The summed E-state index contributed by atoms with van der Waals surface area (Å²) in [6.07, 6.45) is 2.13. The molecule has 2 atom stereocenters. The van der Waals surface area contributed by atoms with Gasteiger partial charge in [-0.05, 0) is 39.3 Å². The summed E-state index contributed by atoms with van der Waals surface area (Å²) in [6, 6.07) is 0. The van der Waals surface area contributed by atoms with Crippen LogP contribution >= 0.6 is 0 Å². The van der Waals surface area contributed by atoms with E-state index in [1.165, 1.54) is 18.2 Å². The van der Waals surface area contributed by atoms with Crippen molar-refractivity contribution in [2.45, 2.75) is 19.8 Å². The van der Waals surface area contributed by atoms with Crippen molar-refractivity contribution >= 4 is 11.9 Å². The molecule has 1 aliphatic rings. The van der Waals surface area contributed by atoms with E-state index in [0.717, 1.165) is 19.5 Å². The number of carboxylic acid groups (broad SMARTS) is 1. The monoisotopic (exact) mass is 242 g/mol. The summed E-state index contributed by atoms with van der Waals surface area (Å²) < 4.78 is 0. The van der Waals surface area contributed by atoms with Crippen LogP contribution in [0.3, 0.4) is 0 Å². The molecule has 1 N–H and O–H groups in total. The molecule has 1 heterocycles. The van der Waals surface area contributed by atoms with Crippen LogP contribution in [0.15, 0.2) is 0 Å². The lowest BCUT2D eigenvalue weighted by Crippen LogP contribution is -2.36. The fourth-order valence-corrected chi connectivity index (χ4v) is 2.18. The van der Waals surface area contributed by atoms with E-state index in [-0.39, 0.29) is 5.91 Å². The molecule has 1 fully saturated rings. The number of hydrogen-bond acceptors (Lipinski definition) is 3. The van der Waals surface area contributed by atoms with Gasteiger partial charge in [-0.3, -0.25) is 9.59 Å². The van der Waals surface area contributed by atoms with Gasteiger partial charge < -0.3 is 14.9 Å². The molecular formula is C12H22N2O3. The van der Waals surface area contributed by atoms with Crippen molar-refractivity contribution in [2.24, 2.45) is 11.8 Å². The number of rotatable bonds is 5. The Balaban J connectivity index is 2.31. The van der Waals surface area contributed by atoms with Gasteiger partial charge in [0, 0.05) is 20.1 Å². The van der Waals surface area contributed by atoms with Gasteiger partial charge in [-0.2, -0.15) is 0 Å².